The summed E-state index contributed by atoms with van der Waals surface area (Å²) in [5, 5.41) is 0. The number of rotatable bonds is 6. The lowest BCUT2D eigenvalue weighted by atomic mass is 9.95. The lowest BCUT2D eigenvalue weighted by Crippen LogP contribution is -2.29. The Morgan fingerprint density at radius 2 is 1.17 bits per heavy atom. The molecule has 0 amide bonds. The fourth-order valence-electron chi connectivity index (χ4n) is 1.94. The zero-order valence-corrected chi connectivity index (χ0v) is 12.1. The zero-order chi connectivity index (χ0) is 13.4. The van der Waals surface area contributed by atoms with Crippen molar-refractivity contribution >= 4 is 37.2 Å². The maximum Gasteiger partial charge on any atom is 0.306 e. The van der Waals surface area contributed by atoms with E-state index in [1.165, 1.54) is 0 Å². The molecule has 4 nitrogen and oxygen atoms in total. The normalized spacial score (nSPS) is 23.4. The van der Waals surface area contributed by atoms with E-state index < -0.39 is 0 Å². The van der Waals surface area contributed by atoms with Crippen molar-refractivity contribution in [1.82, 2.24) is 0 Å². The summed E-state index contributed by atoms with van der Waals surface area (Å²) in [6.45, 7) is 0. The van der Waals surface area contributed by atoms with Crippen LogP contribution in [0.2, 0.25) is 0 Å². The lowest BCUT2D eigenvalue weighted by Gasteiger charge is -2.28. The topological polar surface area (TPSA) is 52.6 Å². The van der Waals surface area contributed by atoms with Gasteiger partial charge in [0.2, 0.25) is 0 Å². The van der Waals surface area contributed by atoms with Crippen molar-refractivity contribution in [1.29, 1.82) is 0 Å². The van der Waals surface area contributed by atoms with Crippen molar-refractivity contribution in [3.05, 3.63) is 0 Å². The van der Waals surface area contributed by atoms with Crippen LogP contribution in [-0.4, -0.2) is 35.7 Å². The van der Waals surface area contributed by atoms with Gasteiger partial charge >= 0.3 is 11.9 Å². The third-order valence-electron chi connectivity index (χ3n) is 2.85. The monoisotopic (exact) mass is 292 g/mol. The number of hydrogen-bond donors (Lipinski definition) is 2. The van der Waals surface area contributed by atoms with E-state index in [0.717, 1.165) is 25.7 Å². The summed E-state index contributed by atoms with van der Waals surface area (Å²) >= 11 is 7.97. The molecule has 1 rings (SSSR count). The van der Waals surface area contributed by atoms with E-state index in [0.29, 0.717) is 24.3 Å². The first kappa shape index (κ1) is 15.7. The molecule has 0 aromatic rings. The van der Waals surface area contributed by atoms with Crippen LogP contribution in [0.1, 0.15) is 38.5 Å². The van der Waals surface area contributed by atoms with Crippen molar-refractivity contribution < 1.29 is 19.1 Å². The van der Waals surface area contributed by atoms with Gasteiger partial charge in [-0.15, -0.1) is 0 Å². The molecular formula is C12H20O4S2. The van der Waals surface area contributed by atoms with Gasteiger partial charge in [0.1, 0.15) is 12.2 Å². The smallest absolute Gasteiger partial charge is 0.306 e. The summed E-state index contributed by atoms with van der Waals surface area (Å²) in [5.74, 6) is 0.631. The molecular weight excluding hydrogens is 272 g/mol. The van der Waals surface area contributed by atoms with E-state index in [2.05, 4.69) is 25.3 Å². The molecule has 0 spiro atoms. The molecule has 0 saturated heterocycles. The molecule has 0 radical (unpaired) electrons. The Morgan fingerprint density at radius 3 is 1.44 bits per heavy atom. The highest BCUT2D eigenvalue weighted by Crippen LogP contribution is 2.24. The fourth-order valence-corrected chi connectivity index (χ4v) is 2.31. The van der Waals surface area contributed by atoms with Gasteiger partial charge in [-0.05, 0) is 25.7 Å². The Labute approximate surface area is 119 Å². The van der Waals surface area contributed by atoms with Crippen molar-refractivity contribution in [2.75, 3.05) is 11.5 Å². The molecule has 1 aliphatic rings. The molecule has 0 aliphatic heterocycles. The van der Waals surface area contributed by atoms with Crippen LogP contribution >= 0.6 is 25.3 Å². The first-order valence-corrected chi connectivity index (χ1v) is 7.53. The van der Waals surface area contributed by atoms with Crippen molar-refractivity contribution in [2.45, 2.75) is 50.7 Å². The second-order valence-electron chi connectivity index (χ2n) is 4.33. The number of esters is 2. The average Bonchev–Trinajstić information content (AvgIpc) is 2.32. The number of carbonyl (C=O) groups excluding carboxylic acids is 2. The standard InChI is InChI=1S/C12H20O4S2/c13-11(5-7-17)15-9-1-2-10(4-3-9)16-12(14)6-8-18/h9-10,17-18H,1-8H2. The molecule has 104 valence electrons. The highest BCUT2D eigenvalue weighted by atomic mass is 32.1. The van der Waals surface area contributed by atoms with Gasteiger partial charge in [-0.25, -0.2) is 0 Å². The minimum atomic E-state index is -0.194. The van der Waals surface area contributed by atoms with Gasteiger partial charge in [-0.2, -0.15) is 25.3 Å². The first-order chi connectivity index (χ1) is 8.65. The van der Waals surface area contributed by atoms with Crippen molar-refractivity contribution in [3.8, 4) is 0 Å². The van der Waals surface area contributed by atoms with Gasteiger partial charge < -0.3 is 9.47 Å². The highest BCUT2D eigenvalue weighted by Gasteiger charge is 2.25. The Kier molecular flexibility index (Phi) is 7.58. The Balaban J connectivity index is 2.20. The molecule has 1 fully saturated rings. The van der Waals surface area contributed by atoms with E-state index >= 15 is 0 Å². The predicted molar refractivity (Wildman–Crippen MR) is 75.2 cm³/mol. The quantitative estimate of drug-likeness (QED) is 0.581. The van der Waals surface area contributed by atoms with Gasteiger partial charge in [0.15, 0.2) is 0 Å². The van der Waals surface area contributed by atoms with Gasteiger partial charge in [0.05, 0.1) is 12.8 Å². The van der Waals surface area contributed by atoms with E-state index in [1.54, 1.807) is 0 Å². The van der Waals surface area contributed by atoms with E-state index in [4.69, 9.17) is 9.47 Å². The van der Waals surface area contributed by atoms with Gasteiger partial charge in [-0.3, -0.25) is 9.59 Å². The SMILES string of the molecule is O=C(CCS)OC1CCC(OC(=O)CCS)CC1. The molecule has 0 atom stereocenters. The Hall–Kier alpha value is -0.360. The summed E-state index contributed by atoms with van der Waals surface area (Å²) in [7, 11) is 0. The number of carbonyl (C=O) groups is 2. The predicted octanol–water partition coefficient (Wildman–Crippen LogP) is 2.02. The molecule has 0 bridgehead atoms. The van der Waals surface area contributed by atoms with Crippen LogP contribution in [0, 0.1) is 0 Å². The van der Waals surface area contributed by atoms with Crippen LogP contribution in [0.3, 0.4) is 0 Å². The van der Waals surface area contributed by atoms with E-state index in [1.807, 2.05) is 0 Å². The zero-order valence-electron chi connectivity index (χ0n) is 10.3. The number of thiol groups is 2. The summed E-state index contributed by atoms with van der Waals surface area (Å²) in [6.07, 6.45) is 3.68. The summed E-state index contributed by atoms with van der Waals surface area (Å²) in [5.41, 5.74) is 0. The molecule has 0 unspecified atom stereocenters. The fraction of sp³-hybridized carbons (Fsp3) is 0.833. The summed E-state index contributed by atoms with van der Waals surface area (Å²) in [4.78, 5) is 22.6. The maximum atomic E-state index is 11.3. The third-order valence-corrected chi connectivity index (χ3v) is 3.30. The van der Waals surface area contributed by atoms with Gasteiger partial charge in [-0.1, -0.05) is 0 Å². The van der Waals surface area contributed by atoms with Crippen molar-refractivity contribution in [2.24, 2.45) is 0 Å². The minimum Gasteiger partial charge on any atom is -0.462 e. The Morgan fingerprint density at radius 1 is 0.833 bits per heavy atom. The summed E-state index contributed by atoms with van der Waals surface area (Å²) < 4.78 is 10.6. The second kappa shape index (κ2) is 8.69. The molecule has 6 heteroatoms. The molecule has 0 N–H and O–H groups in total. The molecule has 0 aromatic carbocycles. The molecule has 0 aromatic heterocycles. The Bertz CT molecular complexity index is 247. The second-order valence-corrected chi connectivity index (χ2v) is 5.22. The minimum absolute atomic E-state index is 0.0304. The van der Waals surface area contributed by atoms with Gasteiger partial charge in [0, 0.05) is 11.5 Å². The molecule has 1 saturated carbocycles. The van der Waals surface area contributed by atoms with Crippen LogP contribution < -0.4 is 0 Å². The number of ether oxygens (including phenoxy) is 2. The highest BCUT2D eigenvalue weighted by molar-refractivity contribution is 7.80. The third kappa shape index (κ3) is 6.00. The number of hydrogen-bond acceptors (Lipinski definition) is 6. The van der Waals surface area contributed by atoms with Crippen molar-refractivity contribution in [3.63, 3.8) is 0 Å². The molecule has 0 heterocycles. The lowest BCUT2D eigenvalue weighted by molar-refractivity contribution is -0.157. The van der Waals surface area contributed by atoms with E-state index in [9.17, 15) is 9.59 Å². The van der Waals surface area contributed by atoms with Crippen LogP contribution in [0.4, 0.5) is 0 Å². The van der Waals surface area contributed by atoms with E-state index in [-0.39, 0.29) is 24.1 Å². The van der Waals surface area contributed by atoms with Gasteiger partial charge in [0.25, 0.3) is 0 Å². The first-order valence-electron chi connectivity index (χ1n) is 6.26. The summed E-state index contributed by atoms with van der Waals surface area (Å²) in [6, 6.07) is 0. The van der Waals surface area contributed by atoms with Crippen LogP contribution in [-0.2, 0) is 19.1 Å². The van der Waals surface area contributed by atoms with Crippen LogP contribution in [0.15, 0.2) is 0 Å². The largest absolute Gasteiger partial charge is 0.462 e. The maximum absolute atomic E-state index is 11.3. The molecule has 1 aliphatic carbocycles. The van der Waals surface area contributed by atoms with Crippen LogP contribution in [0.5, 0.6) is 0 Å². The average molecular weight is 292 g/mol. The molecule has 18 heavy (non-hydrogen) atoms. The van der Waals surface area contributed by atoms with Crippen LogP contribution in [0.25, 0.3) is 0 Å².